The van der Waals surface area contributed by atoms with Crippen LogP contribution in [-0.4, -0.2) is 19.9 Å². The third-order valence-corrected chi connectivity index (χ3v) is 3.82. The number of hydrogen-bond donors (Lipinski definition) is 1. The first-order chi connectivity index (χ1) is 10.3. The number of nitrogens with zero attached hydrogens (tertiary/aromatic N) is 4. The summed E-state index contributed by atoms with van der Waals surface area (Å²) in [6, 6.07) is 9.80. The van der Waals surface area contributed by atoms with Gasteiger partial charge in [0.25, 0.3) is 0 Å². The Kier molecular flexibility index (Phi) is 2.77. The number of aryl methyl sites for hydroxylation is 2. The van der Waals surface area contributed by atoms with E-state index in [-0.39, 0.29) is 0 Å². The number of aromatic nitrogens is 4. The summed E-state index contributed by atoms with van der Waals surface area (Å²) in [5.74, 6) is 1.00. The van der Waals surface area contributed by atoms with Gasteiger partial charge in [-0.15, -0.1) is 0 Å². The molecule has 21 heavy (non-hydrogen) atoms. The first-order valence-corrected chi connectivity index (χ1v) is 7.20. The SMILES string of the molecule is Nc1nc(-c2ccccc2)nc2nc3c(nc12)CCCC3. The minimum Gasteiger partial charge on any atom is -0.382 e. The highest BCUT2D eigenvalue weighted by Gasteiger charge is 2.16. The predicted octanol–water partition coefficient (Wildman–Crippen LogP) is 2.55. The Bertz CT molecular complexity index is 814. The summed E-state index contributed by atoms with van der Waals surface area (Å²) in [6.45, 7) is 0. The normalized spacial score (nSPS) is 14.1. The second-order valence-electron chi connectivity index (χ2n) is 5.29. The molecule has 0 fully saturated rings. The summed E-state index contributed by atoms with van der Waals surface area (Å²) < 4.78 is 0. The molecule has 3 aromatic rings. The predicted molar refractivity (Wildman–Crippen MR) is 81.6 cm³/mol. The molecule has 0 bridgehead atoms. The zero-order chi connectivity index (χ0) is 14.2. The molecule has 104 valence electrons. The number of rotatable bonds is 1. The molecule has 0 spiro atoms. The molecular weight excluding hydrogens is 262 g/mol. The number of anilines is 1. The first kappa shape index (κ1) is 12.2. The summed E-state index contributed by atoms with van der Waals surface area (Å²) in [5.41, 5.74) is 10.3. The van der Waals surface area contributed by atoms with Crippen molar-refractivity contribution in [1.29, 1.82) is 0 Å². The second-order valence-corrected chi connectivity index (χ2v) is 5.29. The van der Waals surface area contributed by atoms with Gasteiger partial charge in [0.1, 0.15) is 0 Å². The van der Waals surface area contributed by atoms with Gasteiger partial charge in [-0.25, -0.2) is 19.9 Å². The van der Waals surface area contributed by atoms with Crippen molar-refractivity contribution in [2.45, 2.75) is 25.7 Å². The molecule has 5 heteroatoms. The van der Waals surface area contributed by atoms with Gasteiger partial charge in [-0.3, -0.25) is 0 Å². The van der Waals surface area contributed by atoms with E-state index < -0.39 is 0 Å². The molecule has 0 aliphatic heterocycles. The molecule has 4 rings (SSSR count). The lowest BCUT2D eigenvalue weighted by Gasteiger charge is -2.14. The maximum Gasteiger partial charge on any atom is 0.184 e. The second kappa shape index (κ2) is 4.77. The maximum absolute atomic E-state index is 6.07. The lowest BCUT2D eigenvalue weighted by Crippen LogP contribution is -2.10. The summed E-state index contributed by atoms with van der Waals surface area (Å²) in [7, 11) is 0. The Morgan fingerprint density at radius 1 is 0.810 bits per heavy atom. The van der Waals surface area contributed by atoms with Gasteiger partial charge in [0.05, 0.1) is 11.4 Å². The van der Waals surface area contributed by atoms with E-state index in [0.717, 1.165) is 36.2 Å². The Hall–Kier alpha value is -2.56. The van der Waals surface area contributed by atoms with E-state index in [9.17, 15) is 0 Å². The zero-order valence-electron chi connectivity index (χ0n) is 11.6. The van der Waals surface area contributed by atoms with Crippen molar-refractivity contribution in [2.75, 3.05) is 5.73 Å². The number of nitrogens with two attached hydrogens (primary N) is 1. The van der Waals surface area contributed by atoms with Crippen molar-refractivity contribution in [3.05, 3.63) is 41.7 Å². The first-order valence-electron chi connectivity index (χ1n) is 7.20. The van der Waals surface area contributed by atoms with Crippen LogP contribution in [0.1, 0.15) is 24.2 Å². The van der Waals surface area contributed by atoms with Crippen LogP contribution in [0.3, 0.4) is 0 Å². The largest absolute Gasteiger partial charge is 0.382 e. The van der Waals surface area contributed by atoms with E-state index in [2.05, 4.69) is 19.9 Å². The molecule has 1 aliphatic carbocycles. The standard InChI is InChI=1S/C16H15N5/c17-14-13-16(19-12-9-5-4-8-11(12)18-13)21-15(20-14)10-6-2-1-3-7-10/h1-3,6-7H,4-5,8-9H2,(H2,17,19,20,21). The Balaban J connectivity index is 1.93. The molecule has 0 saturated heterocycles. The van der Waals surface area contributed by atoms with Crippen molar-refractivity contribution in [3.8, 4) is 11.4 Å². The van der Waals surface area contributed by atoms with E-state index in [1.54, 1.807) is 0 Å². The fourth-order valence-corrected chi connectivity index (χ4v) is 2.74. The van der Waals surface area contributed by atoms with E-state index in [1.165, 1.54) is 6.42 Å². The minimum absolute atomic E-state index is 0.403. The van der Waals surface area contributed by atoms with Crippen LogP contribution in [0.2, 0.25) is 0 Å². The zero-order valence-corrected chi connectivity index (χ0v) is 11.6. The monoisotopic (exact) mass is 277 g/mol. The third-order valence-electron chi connectivity index (χ3n) is 3.82. The van der Waals surface area contributed by atoms with E-state index >= 15 is 0 Å². The molecule has 1 aromatic carbocycles. The summed E-state index contributed by atoms with van der Waals surface area (Å²) >= 11 is 0. The lowest BCUT2D eigenvalue weighted by molar-refractivity contribution is 0.654. The topological polar surface area (TPSA) is 77.6 Å². The van der Waals surface area contributed by atoms with Crippen molar-refractivity contribution in [1.82, 2.24) is 19.9 Å². The van der Waals surface area contributed by atoms with Crippen molar-refractivity contribution in [3.63, 3.8) is 0 Å². The van der Waals surface area contributed by atoms with Crippen molar-refractivity contribution < 1.29 is 0 Å². The molecule has 2 N–H and O–H groups in total. The Morgan fingerprint density at radius 3 is 2.29 bits per heavy atom. The average molecular weight is 277 g/mol. The minimum atomic E-state index is 0.403. The van der Waals surface area contributed by atoms with Gasteiger partial charge in [-0.2, -0.15) is 0 Å². The Morgan fingerprint density at radius 2 is 1.52 bits per heavy atom. The number of hydrogen-bond acceptors (Lipinski definition) is 5. The van der Waals surface area contributed by atoms with Gasteiger partial charge in [-0.05, 0) is 25.7 Å². The molecule has 0 atom stereocenters. The fourth-order valence-electron chi connectivity index (χ4n) is 2.74. The van der Waals surface area contributed by atoms with Gasteiger partial charge in [0.2, 0.25) is 0 Å². The Labute approximate surface area is 122 Å². The van der Waals surface area contributed by atoms with Crippen LogP contribution in [0, 0.1) is 0 Å². The quantitative estimate of drug-likeness (QED) is 0.739. The highest BCUT2D eigenvalue weighted by Crippen LogP contribution is 2.24. The van der Waals surface area contributed by atoms with Crippen LogP contribution in [0.25, 0.3) is 22.6 Å². The highest BCUT2D eigenvalue weighted by atomic mass is 15.0. The van der Waals surface area contributed by atoms with Gasteiger partial charge >= 0.3 is 0 Å². The van der Waals surface area contributed by atoms with Crippen molar-refractivity contribution in [2.24, 2.45) is 0 Å². The van der Waals surface area contributed by atoms with Gasteiger partial charge < -0.3 is 5.73 Å². The average Bonchev–Trinajstić information content (AvgIpc) is 2.54. The molecule has 2 aromatic heterocycles. The molecular formula is C16H15N5. The van der Waals surface area contributed by atoms with E-state index in [0.29, 0.717) is 22.8 Å². The lowest BCUT2D eigenvalue weighted by atomic mass is 10.0. The molecule has 2 heterocycles. The fraction of sp³-hybridized carbons (Fsp3) is 0.250. The molecule has 0 radical (unpaired) electrons. The van der Waals surface area contributed by atoms with Gasteiger partial charge in [0, 0.05) is 5.56 Å². The molecule has 0 saturated carbocycles. The number of fused-ring (bicyclic) bond motifs is 2. The number of benzene rings is 1. The molecule has 0 amide bonds. The van der Waals surface area contributed by atoms with Crippen LogP contribution in [0.4, 0.5) is 5.82 Å². The van der Waals surface area contributed by atoms with E-state index in [1.807, 2.05) is 30.3 Å². The summed E-state index contributed by atoms with van der Waals surface area (Å²) in [5, 5.41) is 0. The maximum atomic E-state index is 6.07. The summed E-state index contributed by atoms with van der Waals surface area (Å²) in [6.07, 6.45) is 4.27. The van der Waals surface area contributed by atoms with Crippen LogP contribution in [-0.2, 0) is 12.8 Å². The van der Waals surface area contributed by atoms with Crippen LogP contribution >= 0.6 is 0 Å². The van der Waals surface area contributed by atoms with Crippen LogP contribution < -0.4 is 5.73 Å². The third kappa shape index (κ3) is 2.11. The van der Waals surface area contributed by atoms with Crippen LogP contribution in [0.5, 0.6) is 0 Å². The summed E-state index contributed by atoms with van der Waals surface area (Å²) in [4.78, 5) is 18.2. The van der Waals surface area contributed by atoms with E-state index in [4.69, 9.17) is 5.73 Å². The van der Waals surface area contributed by atoms with Gasteiger partial charge in [-0.1, -0.05) is 30.3 Å². The highest BCUT2D eigenvalue weighted by molar-refractivity contribution is 5.83. The molecule has 1 aliphatic rings. The van der Waals surface area contributed by atoms with Crippen LogP contribution in [0.15, 0.2) is 30.3 Å². The van der Waals surface area contributed by atoms with Gasteiger partial charge in [0.15, 0.2) is 22.8 Å². The number of nitrogen functional groups attached to an aromatic ring is 1. The van der Waals surface area contributed by atoms with Crippen molar-refractivity contribution >= 4 is 17.0 Å². The molecule has 5 nitrogen and oxygen atoms in total. The smallest absolute Gasteiger partial charge is 0.184 e. The molecule has 0 unspecified atom stereocenters.